The number of para-hydroxylation sites is 1. The Morgan fingerprint density at radius 2 is 1.56 bits per heavy atom. The predicted octanol–water partition coefficient (Wildman–Crippen LogP) is 4.20. The summed E-state index contributed by atoms with van der Waals surface area (Å²) in [6.07, 6.45) is 3.68. The average molecular weight is 480 g/mol. The van der Waals surface area contributed by atoms with E-state index in [9.17, 15) is 24.5 Å². The van der Waals surface area contributed by atoms with Gasteiger partial charge in [-0.25, -0.2) is 4.79 Å². The smallest absolute Gasteiger partial charge is 0.329 e. The van der Waals surface area contributed by atoms with Crippen LogP contribution in [0.3, 0.4) is 0 Å². The summed E-state index contributed by atoms with van der Waals surface area (Å²) in [4.78, 5) is 54.6. The molecule has 1 fully saturated rings. The Labute approximate surface area is 205 Å². The van der Waals surface area contributed by atoms with Crippen molar-refractivity contribution in [3.05, 3.63) is 111 Å². The molecule has 6 rings (SSSR count). The van der Waals surface area contributed by atoms with Crippen LogP contribution in [0.2, 0.25) is 0 Å². The van der Waals surface area contributed by atoms with Gasteiger partial charge in [-0.15, -0.1) is 0 Å². The molecule has 1 aliphatic carbocycles. The molecule has 0 aromatic heterocycles. The van der Waals surface area contributed by atoms with Crippen LogP contribution in [-0.2, 0) is 9.53 Å². The van der Waals surface area contributed by atoms with Gasteiger partial charge in [0.25, 0.3) is 5.69 Å². The monoisotopic (exact) mass is 480 g/mol. The first-order valence-corrected chi connectivity index (χ1v) is 11.5. The molecule has 3 atom stereocenters. The number of hydrogen-bond donors (Lipinski definition) is 0. The lowest BCUT2D eigenvalue weighted by Gasteiger charge is -2.36. The molecule has 0 radical (unpaired) electrons. The molecule has 3 aromatic carbocycles. The van der Waals surface area contributed by atoms with Crippen molar-refractivity contribution in [2.24, 2.45) is 5.41 Å². The fraction of sp³-hybridized carbons (Fsp3) is 0.179. The summed E-state index contributed by atoms with van der Waals surface area (Å²) in [5.41, 5.74) is 0.877. The van der Waals surface area contributed by atoms with Gasteiger partial charge in [-0.3, -0.25) is 19.7 Å². The summed E-state index contributed by atoms with van der Waals surface area (Å²) in [5.74, 6) is -2.27. The molecule has 0 N–H and O–H groups in total. The van der Waals surface area contributed by atoms with Gasteiger partial charge < -0.3 is 9.64 Å². The van der Waals surface area contributed by atoms with Gasteiger partial charge in [0.05, 0.1) is 18.1 Å². The molecule has 2 aliphatic heterocycles. The summed E-state index contributed by atoms with van der Waals surface area (Å²) in [7, 11) is 1.27. The fourth-order valence-corrected chi connectivity index (χ4v) is 6.19. The van der Waals surface area contributed by atoms with E-state index < -0.39 is 34.3 Å². The SMILES string of the molecule is COC(=O)C1C(c2ccc([N+](=O)[O-])cc2)C2(C(=O)c3ccccc3C2=O)C2C=Cc3ccccc3N12. The molecular formula is C28H20N2O6. The van der Waals surface area contributed by atoms with Gasteiger partial charge in [-0.1, -0.05) is 66.7 Å². The molecule has 2 heterocycles. The molecule has 8 heteroatoms. The number of non-ortho nitro benzene ring substituents is 1. The van der Waals surface area contributed by atoms with Gasteiger partial charge in [0.2, 0.25) is 0 Å². The van der Waals surface area contributed by atoms with Crippen LogP contribution in [-0.4, -0.2) is 41.7 Å². The van der Waals surface area contributed by atoms with Crippen molar-refractivity contribution in [2.45, 2.75) is 18.0 Å². The molecule has 3 aliphatic rings. The topological polar surface area (TPSA) is 107 Å². The Bertz CT molecular complexity index is 1460. The van der Waals surface area contributed by atoms with Crippen LogP contribution in [0.1, 0.15) is 37.8 Å². The maximum absolute atomic E-state index is 14.3. The number of fused-ring (bicyclic) bond motifs is 5. The first kappa shape index (κ1) is 21.9. The van der Waals surface area contributed by atoms with Crippen molar-refractivity contribution in [3.63, 3.8) is 0 Å². The molecule has 1 spiro atoms. The van der Waals surface area contributed by atoms with Crippen LogP contribution in [0.4, 0.5) is 11.4 Å². The minimum atomic E-state index is -1.65. The molecule has 36 heavy (non-hydrogen) atoms. The maximum Gasteiger partial charge on any atom is 0.329 e. The lowest BCUT2D eigenvalue weighted by atomic mass is 9.65. The number of esters is 1. The second-order valence-corrected chi connectivity index (χ2v) is 9.14. The second-order valence-electron chi connectivity index (χ2n) is 9.14. The highest BCUT2D eigenvalue weighted by Crippen LogP contribution is 2.60. The molecule has 1 saturated heterocycles. The van der Waals surface area contributed by atoms with Crippen molar-refractivity contribution < 1.29 is 24.0 Å². The first-order valence-electron chi connectivity index (χ1n) is 11.5. The minimum absolute atomic E-state index is 0.129. The van der Waals surface area contributed by atoms with Crippen LogP contribution in [0.15, 0.2) is 78.9 Å². The van der Waals surface area contributed by atoms with Crippen LogP contribution in [0, 0.1) is 15.5 Å². The number of rotatable bonds is 3. The van der Waals surface area contributed by atoms with E-state index in [2.05, 4.69) is 0 Å². The summed E-state index contributed by atoms with van der Waals surface area (Å²) in [6.45, 7) is 0. The summed E-state index contributed by atoms with van der Waals surface area (Å²) in [6, 6.07) is 18.1. The summed E-state index contributed by atoms with van der Waals surface area (Å²) < 4.78 is 5.23. The number of benzene rings is 3. The quantitative estimate of drug-likeness (QED) is 0.239. The average Bonchev–Trinajstić information content (AvgIpc) is 3.35. The van der Waals surface area contributed by atoms with Gasteiger partial charge in [0.1, 0.15) is 11.5 Å². The molecule has 3 aromatic rings. The van der Waals surface area contributed by atoms with Crippen LogP contribution >= 0.6 is 0 Å². The van der Waals surface area contributed by atoms with Crippen molar-refractivity contribution in [1.82, 2.24) is 0 Å². The largest absolute Gasteiger partial charge is 0.467 e. The van der Waals surface area contributed by atoms with E-state index in [0.717, 1.165) is 5.56 Å². The van der Waals surface area contributed by atoms with E-state index in [-0.39, 0.29) is 17.3 Å². The van der Waals surface area contributed by atoms with Gasteiger partial charge in [0.15, 0.2) is 11.6 Å². The summed E-state index contributed by atoms with van der Waals surface area (Å²) in [5, 5.41) is 11.3. The molecule has 0 bridgehead atoms. The van der Waals surface area contributed by atoms with Gasteiger partial charge >= 0.3 is 5.97 Å². The number of nitrogens with zero attached hydrogens (tertiary/aromatic N) is 2. The second kappa shape index (κ2) is 7.71. The molecule has 0 amide bonds. The van der Waals surface area contributed by atoms with E-state index in [1.807, 2.05) is 41.3 Å². The maximum atomic E-state index is 14.3. The Hall–Kier alpha value is -4.59. The number of nitro benzene ring substituents is 1. The molecule has 3 unspecified atom stereocenters. The lowest BCUT2D eigenvalue weighted by molar-refractivity contribution is -0.384. The number of Topliss-reactive ketones (excluding diaryl/α,β-unsaturated/α-hetero) is 2. The Kier molecular flexibility index (Phi) is 4.69. The molecule has 8 nitrogen and oxygen atoms in total. The number of ketones is 2. The predicted molar refractivity (Wildman–Crippen MR) is 131 cm³/mol. The number of anilines is 1. The van der Waals surface area contributed by atoms with Crippen molar-refractivity contribution >= 4 is 35.0 Å². The number of carbonyl (C=O) groups is 3. The Morgan fingerprint density at radius 1 is 0.944 bits per heavy atom. The number of carbonyl (C=O) groups excluding carboxylic acids is 3. The third kappa shape index (κ3) is 2.66. The highest BCUT2D eigenvalue weighted by atomic mass is 16.6. The number of hydrogen-bond acceptors (Lipinski definition) is 7. The van der Waals surface area contributed by atoms with Gasteiger partial charge in [-0.2, -0.15) is 0 Å². The zero-order chi connectivity index (χ0) is 25.2. The molecular weight excluding hydrogens is 460 g/mol. The van der Waals surface area contributed by atoms with Crippen molar-refractivity contribution in [1.29, 1.82) is 0 Å². The molecule has 0 saturated carbocycles. The minimum Gasteiger partial charge on any atom is -0.467 e. The van der Waals surface area contributed by atoms with Crippen LogP contribution in [0.25, 0.3) is 6.08 Å². The van der Waals surface area contributed by atoms with E-state index >= 15 is 0 Å². The van der Waals surface area contributed by atoms with E-state index in [1.54, 1.807) is 24.3 Å². The Morgan fingerprint density at radius 3 is 2.17 bits per heavy atom. The van der Waals surface area contributed by atoms with Gasteiger partial charge in [-0.05, 0) is 17.2 Å². The third-order valence-electron chi connectivity index (χ3n) is 7.62. The highest BCUT2D eigenvalue weighted by molar-refractivity contribution is 6.32. The van der Waals surface area contributed by atoms with Crippen LogP contribution < -0.4 is 4.90 Å². The summed E-state index contributed by atoms with van der Waals surface area (Å²) >= 11 is 0. The van der Waals surface area contributed by atoms with E-state index in [4.69, 9.17) is 4.74 Å². The zero-order valence-corrected chi connectivity index (χ0v) is 19.2. The van der Waals surface area contributed by atoms with Crippen LogP contribution in [0.5, 0.6) is 0 Å². The van der Waals surface area contributed by atoms with E-state index in [1.165, 1.54) is 31.4 Å². The van der Waals surface area contributed by atoms with Crippen molar-refractivity contribution in [3.8, 4) is 0 Å². The normalized spacial score (nSPS) is 22.8. The van der Waals surface area contributed by atoms with Crippen molar-refractivity contribution in [2.75, 3.05) is 12.0 Å². The zero-order valence-electron chi connectivity index (χ0n) is 19.2. The Balaban J connectivity index is 1.66. The first-order chi connectivity index (χ1) is 17.4. The standard InChI is InChI=1S/C28H20N2O6/c1-36-27(33)24-23(17-10-13-18(14-11-17)30(34)35)28(25(31)19-7-3-4-8-20(19)26(28)32)22-15-12-16-6-2-5-9-21(16)29(22)24/h2-15,22-24H,1H3. The molecule has 178 valence electrons. The van der Waals surface area contributed by atoms with Gasteiger partial charge in [0, 0.05) is 34.9 Å². The fourth-order valence-electron chi connectivity index (χ4n) is 6.19. The number of methoxy groups -OCH3 is 1. The third-order valence-corrected chi connectivity index (χ3v) is 7.62. The number of nitro groups is 1. The van der Waals surface area contributed by atoms with E-state index in [0.29, 0.717) is 22.4 Å². The lowest BCUT2D eigenvalue weighted by Crippen LogP contribution is -2.48. The number of ether oxygens (including phenoxy) is 1. The highest BCUT2D eigenvalue weighted by Gasteiger charge is 2.71.